The van der Waals surface area contributed by atoms with Gasteiger partial charge in [-0.25, -0.2) is 0 Å². The number of carbonyl (C=O) groups excluding carboxylic acids is 5. The third kappa shape index (κ3) is 8.67. The highest BCUT2D eigenvalue weighted by Gasteiger charge is 2.67. The number of hydrogen-bond acceptors (Lipinski definition) is 18. The second-order valence-corrected chi connectivity index (χ2v) is 19.3. The third-order valence-electron chi connectivity index (χ3n) is 14.4. The minimum absolute atomic E-state index is 0.0512. The van der Waals surface area contributed by atoms with E-state index in [1.54, 1.807) is 46.8 Å². The average Bonchev–Trinajstić information content (AvgIpc) is 3.26. The first kappa shape index (κ1) is 47.9. The van der Waals surface area contributed by atoms with Gasteiger partial charge in [0.05, 0.1) is 59.5 Å². The van der Waals surface area contributed by atoms with Crippen molar-refractivity contribution >= 4 is 28.9 Å². The summed E-state index contributed by atoms with van der Waals surface area (Å²) in [6.07, 6.45) is -0.115. The zero-order chi connectivity index (χ0) is 47.9. The predicted octanol–water partition coefficient (Wildman–Crippen LogP) is 3.39. The maximum Gasteiger partial charge on any atom is 0.198 e. The number of fused-ring (bicyclic) bond motifs is 3. The molecule has 5 aliphatic heterocycles. The lowest BCUT2D eigenvalue weighted by molar-refractivity contribution is -0.292. The van der Waals surface area contributed by atoms with Crippen LogP contribution in [0, 0.1) is 0 Å². The third-order valence-corrected chi connectivity index (χ3v) is 14.4. The summed E-state index contributed by atoms with van der Waals surface area (Å²) in [4.78, 5) is 66.5. The number of aromatic hydroxyl groups is 1. The standard InChI is InChI=1S/C49H58O18/c1-22-30(50)9-13-37(60-22)64-33-11-15-39(62-24(33)3)66-46-26(5)59-35(19-32(46)52)27-7-8-28-41(43(27)54)44(55)29-17-18-48(57)21-47(6,20-36(53)49(48,58)42(29)45(28)56)67-40-16-12-34(25(4)63-40)65-38-14-10-31(51)23(2)61-38/h7-10,13-14,17-18,22-26,32-35,37-40,46,52,54,57-58H,11-12,15-16,19-21H2,1-6H3/t22-,23-,24-,25-,26+,32+,33-,34-,35+,37-,38-,39+,40-,46+,47-,48-,49-/m0/s1. The van der Waals surface area contributed by atoms with Crippen LogP contribution >= 0.6 is 0 Å². The van der Waals surface area contributed by atoms with E-state index in [2.05, 4.69) is 0 Å². The second kappa shape index (κ2) is 18.0. The van der Waals surface area contributed by atoms with Gasteiger partial charge >= 0.3 is 0 Å². The van der Waals surface area contributed by atoms with E-state index in [-0.39, 0.29) is 52.8 Å². The Morgan fingerprint density at radius 2 is 1.30 bits per heavy atom. The Bertz CT molecular complexity index is 2320. The van der Waals surface area contributed by atoms with Crippen LogP contribution in [0.25, 0.3) is 0 Å². The van der Waals surface area contributed by atoms with Crippen LogP contribution in [0.4, 0.5) is 0 Å². The molecule has 0 radical (unpaired) electrons. The quantitative estimate of drug-likeness (QED) is 0.277. The molecule has 0 unspecified atom stereocenters. The first-order valence-electron chi connectivity index (χ1n) is 23.1. The molecule has 3 saturated heterocycles. The largest absolute Gasteiger partial charge is 0.507 e. The van der Waals surface area contributed by atoms with E-state index in [0.717, 1.165) is 6.08 Å². The Hall–Kier alpha value is -4.15. The molecular formula is C49H58O18. The molecule has 1 saturated carbocycles. The normalized spacial score (nSPS) is 43.3. The molecule has 67 heavy (non-hydrogen) atoms. The van der Waals surface area contributed by atoms with Gasteiger partial charge in [-0.1, -0.05) is 12.1 Å². The summed E-state index contributed by atoms with van der Waals surface area (Å²) >= 11 is 0. The molecular weight excluding hydrogens is 877 g/mol. The Kier molecular flexibility index (Phi) is 12.9. The Morgan fingerprint density at radius 3 is 1.88 bits per heavy atom. The summed E-state index contributed by atoms with van der Waals surface area (Å²) in [5, 5.41) is 47.6. The van der Waals surface area contributed by atoms with Gasteiger partial charge in [0.2, 0.25) is 0 Å². The van der Waals surface area contributed by atoms with Crippen molar-refractivity contribution in [3.63, 3.8) is 0 Å². The lowest BCUT2D eigenvalue weighted by Gasteiger charge is -2.53. The van der Waals surface area contributed by atoms with E-state index < -0.39 is 132 Å². The molecule has 17 atom stereocenters. The van der Waals surface area contributed by atoms with Crippen LogP contribution in [0.2, 0.25) is 0 Å². The summed E-state index contributed by atoms with van der Waals surface area (Å²) < 4.78 is 54.4. The number of ether oxygens (including phenoxy) is 9. The lowest BCUT2D eigenvalue weighted by atomic mass is 9.57. The zero-order valence-electron chi connectivity index (χ0n) is 38.2. The Balaban J connectivity index is 0.843. The number of Topliss-reactive ketones (excluding diaryl/α,β-unsaturated/α-hetero) is 3. The maximum absolute atomic E-state index is 14.4. The zero-order valence-corrected chi connectivity index (χ0v) is 38.2. The van der Waals surface area contributed by atoms with Gasteiger partial charge in [-0.3, -0.25) is 24.0 Å². The van der Waals surface area contributed by atoms with E-state index in [1.807, 2.05) is 6.92 Å². The number of allylic oxidation sites excluding steroid dienone is 2. The summed E-state index contributed by atoms with van der Waals surface area (Å²) in [5.74, 6) is -3.57. The van der Waals surface area contributed by atoms with Crippen LogP contribution in [-0.4, -0.2) is 146 Å². The van der Waals surface area contributed by atoms with Gasteiger partial charge in [-0.15, -0.1) is 0 Å². The molecule has 1 aromatic rings. The monoisotopic (exact) mass is 934 g/mol. The molecule has 0 amide bonds. The number of aliphatic hydroxyl groups is 3. The predicted molar refractivity (Wildman–Crippen MR) is 229 cm³/mol. The van der Waals surface area contributed by atoms with Crippen molar-refractivity contribution in [2.45, 2.75) is 189 Å². The minimum Gasteiger partial charge on any atom is -0.507 e. The van der Waals surface area contributed by atoms with Gasteiger partial charge in [0.15, 0.2) is 59.7 Å². The van der Waals surface area contributed by atoms with Crippen molar-refractivity contribution in [1.29, 1.82) is 0 Å². The van der Waals surface area contributed by atoms with Crippen LogP contribution < -0.4 is 0 Å². The lowest BCUT2D eigenvalue weighted by Crippen LogP contribution is -2.69. The summed E-state index contributed by atoms with van der Waals surface area (Å²) in [7, 11) is 0. The van der Waals surface area contributed by atoms with Crippen molar-refractivity contribution in [3.05, 3.63) is 76.4 Å². The van der Waals surface area contributed by atoms with E-state index in [0.29, 0.717) is 25.7 Å². The molecule has 8 aliphatic rings. The molecule has 0 spiro atoms. The first-order valence-corrected chi connectivity index (χ1v) is 23.1. The van der Waals surface area contributed by atoms with E-state index in [4.69, 9.17) is 42.6 Å². The van der Waals surface area contributed by atoms with Gasteiger partial charge in [-0.2, -0.15) is 0 Å². The summed E-state index contributed by atoms with van der Waals surface area (Å²) in [6, 6.07) is 2.70. The smallest absolute Gasteiger partial charge is 0.198 e. The molecule has 1 aromatic carbocycles. The molecule has 9 rings (SSSR count). The topological polar surface area (TPSA) is 249 Å². The highest BCUT2D eigenvalue weighted by atomic mass is 16.7. The highest BCUT2D eigenvalue weighted by Crippen LogP contribution is 2.53. The van der Waals surface area contributed by atoms with Crippen molar-refractivity contribution in [3.8, 4) is 5.75 Å². The molecule has 18 nitrogen and oxygen atoms in total. The van der Waals surface area contributed by atoms with Crippen LogP contribution in [-0.2, 0) is 57.0 Å². The fraction of sp³-hybridized carbons (Fsp3) is 0.612. The molecule has 0 bridgehead atoms. The van der Waals surface area contributed by atoms with Gasteiger partial charge < -0.3 is 63.1 Å². The summed E-state index contributed by atoms with van der Waals surface area (Å²) in [5.41, 5.74) is -8.05. The molecule has 5 heterocycles. The van der Waals surface area contributed by atoms with Gasteiger partial charge in [0.1, 0.15) is 29.7 Å². The van der Waals surface area contributed by atoms with Crippen LogP contribution in [0.3, 0.4) is 0 Å². The van der Waals surface area contributed by atoms with Gasteiger partial charge in [-0.05, 0) is 90.8 Å². The fourth-order valence-electron chi connectivity index (χ4n) is 10.7. The van der Waals surface area contributed by atoms with Crippen molar-refractivity contribution in [2.75, 3.05) is 0 Å². The summed E-state index contributed by atoms with van der Waals surface area (Å²) in [6.45, 7) is 10.2. The molecule has 18 heteroatoms. The van der Waals surface area contributed by atoms with E-state index >= 15 is 0 Å². The number of rotatable bonds is 9. The van der Waals surface area contributed by atoms with Crippen LogP contribution in [0.1, 0.15) is 119 Å². The number of carbonyl (C=O) groups is 5. The van der Waals surface area contributed by atoms with E-state index in [9.17, 15) is 44.4 Å². The molecule has 3 aliphatic carbocycles. The fourth-order valence-corrected chi connectivity index (χ4v) is 10.7. The van der Waals surface area contributed by atoms with E-state index in [1.165, 1.54) is 30.4 Å². The number of aliphatic hydroxyl groups excluding tert-OH is 1. The molecule has 362 valence electrons. The maximum atomic E-state index is 14.4. The highest BCUT2D eigenvalue weighted by molar-refractivity contribution is 6.32. The Morgan fingerprint density at radius 1 is 0.701 bits per heavy atom. The number of hydrogen-bond donors (Lipinski definition) is 4. The first-order chi connectivity index (χ1) is 31.7. The number of ketones is 5. The van der Waals surface area contributed by atoms with Crippen molar-refractivity contribution < 1.29 is 87.0 Å². The van der Waals surface area contributed by atoms with Crippen molar-refractivity contribution in [2.24, 2.45) is 0 Å². The van der Waals surface area contributed by atoms with Gasteiger partial charge in [0.25, 0.3) is 0 Å². The van der Waals surface area contributed by atoms with Crippen molar-refractivity contribution in [1.82, 2.24) is 0 Å². The minimum atomic E-state index is -2.83. The SMILES string of the molecule is C[C@@H]1O[C@@H](O[C@H]2CC[C@@H](O[C@H]3[C@H](O)C[C@H](c4ccc5c(c4O)C(=O)C4=C(C5=O)[C@@]5(O)C(=O)C[C@](C)(O[C@H]6CC[C@H](O[C@H]7C=CC(=O)[C@H](C)O7)[C@H](C)O6)C[C@@]5(O)C=C4)O[C@@H]3C)O[C@H]2C)C=CC1=O. The van der Waals surface area contributed by atoms with Gasteiger partial charge in [0, 0.05) is 48.8 Å². The molecule has 4 N–H and O–H groups in total. The van der Waals surface area contributed by atoms with Crippen LogP contribution in [0.5, 0.6) is 5.75 Å². The molecule has 4 fully saturated rings. The average molecular weight is 935 g/mol. The number of phenolic OH excluding ortho intramolecular Hbond substituents is 1. The number of benzene rings is 1. The second-order valence-electron chi connectivity index (χ2n) is 19.3. The molecule has 0 aromatic heterocycles. The Labute approximate surface area is 386 Å². The van der Waals surface area contributed by atoms with Crippen LogP contribution in [0.15, 0.2) is 59.7 Å². The number of phenols is 1.